The number of hydrogen-bond donors (Lipinski definition) is 0. The molecule has 66 valence electrons. The van der Waals surface area contributed by atoms with Gasteiger partial charge in [-0.05, 0) is 26.0 Å². The summed E-state index contributed by atoms with van der Waals surface area (Å²) in [4.78, 5) is 10.5. The van der Waals surface area contributed by atoms with Crippen molar-refractivity contribution >= 4 is 38.1 Å². The highest BCUT2D eigenvalue weighted by molar-refractivity contribution is 9.12. The van der Waals surface area contributed by atoms with Crippen molar-refractivity contribution in [2.45, 2.75) is 13.8 Å². The first-order valence-corrected chi connectivity index (χ1v) is 5.02. The van der Waals surface area contributed by atoms with Crippen LogP contribution in [0.1, 0.15) is 13.8 Å². The Labute approximate surface area is 89.5 Å². The summed E-state index contributed by atoms with van der Waals surface area (Å²) in [6.45, 7) is 3.75. The maximum absolute atomic E-state index is 10.5. The van der Waals surface area contributed by atoms with E-state index in [1.807, 2.05) is 26.0 Å². The van der Waals surface area contributed by atoms with E-state index in [4.69, 9.17) is 0 Å². The highest BCUT2D eigenvalue weighted by Crippen LogP contribution is 2.13. The quantitative estimate of drug-likeness (QED) is 0.440. The molecule has 1 nitrogen and oxygen atoms in total. The van der Waals surface area contributed by atoms with E-state index in [0.717, 1.165) is 15.3 Å². The fourth-order valence-electron chi connectivity index (χ4n) is 0.501. The topological polar surface area (TPSA) is 17.1 Å². The lowest BCUT2D eigenvalue weighted by atomic mass is 10.2. The smallest absolute Gasteiger partial charge is 0.150 e. The van der Waals surface area contributed by atoms with Gasteiger partial charge in [0.05, 0.1) is 0 Å². The Bertz CT molecular complexity index is 245. The largest absolute Gasteiger partial charge is 0.298 e. The van der Waals surface area contributed by atoms with E-state index < -0.39 is 0 Å². The van der Waals surface area contributed by atoms with Crippen LogP contribution in [-0.2, 0) is 4.79 Å². The molecule has 0 spiro atoms. The molecule has 0 aliphatic rings. The average molecular weight is 294 g/mol. The van der Waals surface area contributed by atoms with Crippen molar-refractivity contribution in [1.82, 2.24) is 0 Å². The number of halogens is 2. The summed E-state index contributed by atoms with van der Waals surface area (Å²) in [7, 11) is 0. The summed E-state index contributed by atoms with van der Waals surface area (Å²) >= 11 is 6.54. The third-order valence-electron chi connectivity index (χ3n) is 1.22. The molecule has 0 saturated heterocycles. The summed E-state index contributed by atoms with van der Waals surface area (Å²) in [5.74, 6) is 0. The Balaban J connectivity index is 4.53. The van der Waals surface area contributed by atoms with Gasteiger partial charge in [0.15, 0.2) is 6.29 Å². The van der Waals surface area contributed by atoms with Crippen LogP contribution < -0.4 is 0 Å². The molecule has 0 aromatic heterocycles. The van der Waals surface area contributed by atoms with Crippen molar-refractivity contribution in [3.05, 3.63) is 32.8 Å². The van der Waals surface area contributed by atoms with Crippen LogP contribution >= 0.6 is 31.9 Å². The first kappa shape index (κ1) is 11.8. The minimum absolute atomic E-state index is 0.647. The van der Waals surface area contributed by atoms with E-state index in [1.54, 1.807) is 6.08 Å². The van der Waals surface area contributed by atoms with Crippen LogP contribution in [0.15, 0.2) is 32.8 Å². The van der Waals surface area contributed by atoms with E-state index in [-0.39, 0.29) is 0 Å². The molecule has 0 aliphatic heterocycles. The van der Waals surface area contributed by atoms with Crippen LogP contribution in [0.4, 0.5) is 0 Å². The molecule has 0 fully saturated rings. The molecular weight excluding hydrogens is 284 g/mol. The number of aldehydes is 1. The molecule has 0 unspecified atom stereocenters. The second-order valence-electron chi connectivity index (χ2n) is 2.11. The van der Waals surface area contributed by atoms with Gasteiger partial charge in [0.25, 0.3) is 0 Å². The van der Waals surface area contributed by atoms with Gasteiger partial charge in [-0.25, -0.2) is 0 Å². The van der Waals surface area contributed by atoms with Crippen molar-refractivity contribution in [2.24, 2.45) is 0 Å². The predicted octanol–water partition coefficient (Wildman–Crippen LogP) is 3.71. The Hall–Kier alpha value is -0.150. The molecule has 0 aromatic carbocycles. The molecule has 0 radical (unpaired) electrons. The lowest BCUT2D eigenvalue weighted by Gasteiger charge is -1.91. The third-order valence-corrected chi connectivity index (χ3v) is 2.40. The summed E-state index contributed by atoms with van der Waals surface area (Å²) in [5, 5.41) is 0. The average Bonchev–Trinajstić information content (AvgIpc) is 2.04. The van der Waals surface area contributed by atoms with Crippen LogP contribution in [0, 0.1) is 0 Å². The fraction of sp³-hybridized carbons (Fsp3) is 0.222. The van der Waals surface area contributed by atoms with Crippen LogP contribution in [0.2, 0.25) is 0 Å². The van der Waals surface area contributed by atoms with E-state index in [2.05, 4.69) is 31.9 Å². The predicted molar refractivity (Wildman–Crippen MR) is 59.5 cm³/mol. The van der Waals surface area contributed by atoms with E-state index in [9.17, 15) is 4.79 Å². The molecule has 0 atom stereocenters. The molecule has 0 saturated carbocycles. The van der Waals surface area contributed by atoms with Crippen LogP contribution in [0.5, 0.6) is 0 Å². The highest BCUT2D eigenvalue weighted by atomic mass is 79.9. The van der Waals surface area contributed by atoms with Crippen molar-refractivity contribution in [3.8, 4) is 0 Å². The summed E-state index contributed by atoms with van der Waals surface area (Å²) < 4.78 is 1.79. The lowest BCUT2D eigenvalue weighted by Crippen LogP contribution is -1.80. The molecule has 0 heterocycles. The molecule has 0 amide bonds. The molecule has 0 aromatic rings. The summed E-state index contributed by atoms with van der Waals surface area (Å²) in [6.07, 6.45) is 6.30. The highest BCUT2D eigenvalue weighted by Gasteiger charge is 1.92. The van der Waals surface area contributed by atoms with Gasteiger partial charge in [0.2, 0.25) is 0 Å². The second-order valence-corrected chi connectivity index (χ2v) is 4.22. The van der Waals surface area contributed by atoms with Crippen molar-refractivity contribution < 1.29 is 4.79 Å². The van der Waals surface area contributed by atoms with E-state index in [0.29, 0.717) is 5.57 Å². The number of hydrogen-bond acceptors (Lipinski definition) is 1. The van der Waals surface area contributed by atoms with Crippen LogP contribution in [-0.4, -0.2) is 6.29 Å². The van der Waals surface area contributed by atoms with Gasteiger partial charge in [0.1, 0.15) is 0 Å². The zero-order valence-corrected chi connectivity index (χ0v) is 10.1. The van der Waals surface area contributed by atoms with Gasteiger partial charge < -0.3 is 0 Å². The Morgan fingerprint density at radius 3 is 2.17 bits per heavy atom. The first-order valence-electron chi connectivity index (χ1n) is 3.43. The molecule has 0 bridgehead atoms. The molecule has 12 heavy (non-hydrogen) atoms. The van der Waals surface area contributed by atoms with Crippen molar-refractivity contribution in [3.63, 3.8) is 0 Å². The molecule has 0 rings (SSSR count). The molecule has 0 aliphatic carbocycles. The van der Waals surface area contributed by atoms with Crippen LogP contribution in [0.25, 0.3) is 0 Å². The van der Waals surface area contributed by atoms with Crippen LogP contribution in [0.3, 0.4) is 0 Å². The standard InChI is InChI=1S/C9H10Br2O/c1-3-9(11)5-4-8(6-12)7(2)10/h3-6H,1-2H3/b5-4-,8-7-,9-3?. The maximum Gasteiger partial charge on any atom is 0.150 e. The van der Waals surface area contributed by atoms with Gasteiger partial charge >= 0.3 is 0 Å². The number of rotatable bonds is 3. The first-order chi connectivity index (χ1) is 5.61. The lowest BCUT2D eigenvalue weighted by molar-refractivity contribution is -0.104. The zero-order chi connectivity index (χ0) is 9.56. The Kier molecular flexibility index (Phi) is 6.30. The van der Waals surface area contributed by atoms with Gasteiger partial charge in [-0.1, -0.05) is 37.9 Å². The Morgan fingerprint density at radius 1 is 1.25 bits per heavy atom. The minimum atomic E-state index is 0.647. The summed E-state index contributed by atoms with van der Waals surface area (Å²) in [5.41, 5.74) is 0.647. The zero-order valence-electron chi connectivity index (χ0n) is 6.97. The third kappa shape index (κ3) is 4.67. The van der Waals surface area contributed by atoms with Crippen molar-refractivity contribution in [2.75, 3.05) is 0 Å². The maximum atomic E-state index is 10.5. The minimum Gasteiger partial charge on any atom is -0.298 e. The molecule has 0 N–H and O–H groups in total. The SMILES string of the molecule is CC=C(Br)/C=C\C(C=O)=C(/C)Br. The number of allylic oxidation sites excluding steroid dienone is 6. The van der Waals surface area contributed by atoms with E-state index >= 15 is 0 Å². The normalized spacial score (nSPS) is 14.8. The monoisotopic (exact) mass is 292 g/mol. The van der Waals surface area contributed by atoms with Gasteiger partial charge in [-0.15, -0.1) is 0 Å². The van der Waals surface area contributed by atoms with Crippen molar-refractivity contribution in [1.29, 1.82) is 0 Å². The Morgan fingerprint density at radius 2 is 1.83 bits per heavy atom. The summed E-state index contributed by atoms with van der Waals surface area (Å²) in [6, 6.07) is 0. The second kappa shape index (κ2) is 6.38. The number of carbonyl (C=O) groups excluding carboxylic acids is 1. The van der Waals surface area contributed by atoms with Gasteiger partial charge in [-0.3, -0.25) is 4.79 Å². The number of carbonyl (C=O) groups is 1. The van der Waals surface area contributed by atoms with Gasteiger partial charge in [0, 0.05) is 14.5 Å². The van der Waals surface area contributed by atoms with Gasteiger partial charge in [-0.2, -0.15) is 0 Å². The molecule has 3 heteroatoms. The van der Waals surface area contributed by atoms with E-state index in [1.165, 1.54) is 0 Å². The molecular formula is C9H10Br2O. The fourth-order valence-corrected chi connectivity index (χ4v) is 0.859.